The van der Waals surface area contributed by atoms with Crippen molar-refractivity contribution in [2.24, 2.45) is 5.41 Å². The highest BCUT2D eigenvalue weighted by Crippen LogP contribution is 2.45. The van der Waals surface area contributed by atoms with Crippen LogP contribution in [0.2, 0.25) is 0 Å². The zero-order chi connectivity index (χ0) is 17.8. The number of para-hydroxylation sites is 1. The fourth-order valence-corrected chi connectivity index (χ4v) is 3.91. The number of halogens is 3. The van der Waals surface area contributed by atoms with E-state index >= 15 is 0 Å². The van der Waals surface area contributed by atoms with Gasteiger partial charge in [0, 0.05) is 17.8 Å². The van der Waals surface area contributed by atoms with Gasteiger partial charge in [0.1, 0.15) is 0 Å². The fraction of sp³-hybridized carbons (Fsp3) is 0.684. The molecule has 132 valence electrons. The Hall–Kier alpha value is -1.19. The summed E-state index contributed by atoms with van der Waals surface area (Å²) in [6.07, 6.45) is 3.51. The largest absolute Gasteiger partial charge is 0.379 e. The van der Waals surface area contributed by atoms with Crippen LogP contribution >= 0.6 is 0 Å². The molecule has 1 aliphatic heterocycles. The van der Waals surface area contributed by atoms with Gasteiger partial charge < -0.3 is 4.90 Å². The third-order valence-electron chi connectivity index (χ3n) is 4.46. The number of aryl methyl sites for hydroxylation is 2. The average Bonchev–Trinajstić information content (AvgIpc) is 2.64. The van der Waals surface area contributed by atoms with E-state index in [-0.39, 0.29) is 5.54 Å². The number of hydrogen-bond donors (Lipinski definition) is 0. The molecule has 0 spiro atoms. The zero-order valence-electron chi connectivity index (χ0n) is 15.2. The van der Waals surface area contributed by atoms with Crippen molar-refractivity contribution in [1.82, 2.24) is 0 Å². The Morgan fingerprint density at radius 2 is 1.43 bits per heavy atom. The third-order valence-corrected chi connectivity index (χ3v) is 4.46. The Morgan fingerprint density at radius 3 is 1.74 bits per heavy atom. The molecule has 0 aliphatic carbocycles. The normalized spacial score (nSPS) is 18.8. The molecule has 0 bridgehead atoms. The van der Waals surface area contributed by atoms with Gasteiger partial charge in [-0.3, -0.25) is 0 Å². The van der Waals surface area contributed by atoms with E-state index < -0.39 is 6.68 Å². The second kappa shape index (κ2) is 7.59. The predicted octanol–water partition coefficient (Wildman–Crippen LogP) is 6.00. The number of alkyl halides is 3. The molecule has 0 saturated carbocycles. The molecule has 1 aromatic rings. The standard InChI is InChI=1S/C18H29N.CHF3/c1-7-14-10-9-11-15(8-2)16(14)19-13-17(3,4)12-18(19,5)6;2-1(3)4/h9-11H,7-8,12-13H2,1-6H3;1H. The minimum Gasteiger partial charge on any atom is -0.365 e. The van der Waals surface area contributed by atoms with Gasteiger partial charge in [0.05, 0.1) is 0 Å². The lowest BCUT2D eigenvalue weighted by Gasteiger charge is -2.36. The second-order valence-electron chi connectivity index (χ2n) is 7.62. The lowest BCUT2D eigenvalue weighted by molar-refractivity contribution is 0.00819. The van der Waals surface area contributed by atoms with Gasteiger partial charge in [0.15, 0.2) is 0 Å². The molecule has 0 amide bonds. The van der Waals surface area contributed by atoms with Gasteiger partial charge in [-0.1, -0.05) is 45.9 Å². The molecule has 1 nitrogen and oxygen atoms in total. The molecule has 0 N–H and O–H groups in total. The van der Waals surface area contributed by atoms with Gasteiger partial charge in [-0.25, -0.2) is 0 Å². The molecule has 0 atom stereocenters. The molecule has 0 unspecified atom stereocenters. The van der Waals surface area contributed by atoms with E-state index in [1.807, 2.05) is 0 Å². The minimum atomic E-state index is -3.67. The molecule has 1 aromatic carbocycles. The Labute approximate surface area is 138 Å². The number of nitrogens with zero attached hydrogens (tertiary/aromatic N) is 1. The molecule has 23 heavy (non-hydrogen) atoms. The Balaban J connectivity index is 0.000000593. The van der Waals surface area contributed by atoms with Crippen LogP contribution < -0.4 is 4.90 Å². The van der Waals surface area contributed by atoms with Crippen molar-refractivity contribution in [3.63, 3.8) is 0 Å². The van der Waals surface area contributed by atoms with Crippen molar-refractivity contribution in [3.8, 4) is 0 Å². The van der Waals surface area contributed by atoms with Crippen LogP contribution in [-0.4, -0.2) is 18.8 Å². The summed E-state index contributed by atoms with van der Waals surface area (Å²) >= 11 is 0. The monoisotopic (exact) mass is 329 g/mol. The maximum absolute atomic E-state index is 9.67. The van der Waals surface area contributed by atoms with Gasteiger partial charge >= 0.3 is 6.68 Å². The van der Waals surface area contributed by atoms with Crippen molar-refractivity contribution in [2.75, 3.05) is 11.4 Å². The molecule has 1 aliphatic rings. The number of rotatable bonds is 3. The highest BCUT2D eigenvalue weighted by atomic mass is 19.4. The van der Waals surface area contributed by atoms with Crippen molar-refractivity contribution in [2.45, 2.75) is 73.0 Å². The fourth-order valence-electron chi connectivity index (χ4n) is 3.91. The van der Waals surface area contributed by atoms with Crippen LogP contribution in [0, 0.1) is 5.41 Å². The van der Waals surface area contributed by atoms with E-state index in [0.717, 1.165) is 12.8 Å². The predicted molar refractivity (Wildman–Crippen MR) is 92.1 cm³/mol. The van der Waals surface area contributed by atoms with Gasteiger partial charge in [0.2, 0.25) is 0 Å². The Morgan fingerprint density at radius 1 is 1.00 bits per heavy atom. The zero-order valence-corrected chi connectivity index (χ0v) is 15.2. The first kappa shape index (κ1) is 19.9. The third kappa shape index (κ3) is 5.15. The summed E-state index contributed by atoms with van der Waals surface area (Å²) in [5.74, 6) is 0. The first-order chi connectivity index (χ1) is 10.5. The molecular weight excluding hydrogens is 299 g/mol. The first-order valence-corrected chi connectivity index (χ1v) is 8.34. The van der Waals surface area contributed by atoms with Crippen molar-refractivity contribution in [1.29, 1.82) is 0 Å². The van der Waals surface area contributed by atoms with Crippen LogP contribution in [-0.2, 0) is 12.8 Å². The molecule has 1 saturated heterocycles. The maximum Gasteiger partial charge on any atom is 0.379 e. The lowest BCUT2D eigenvalue weighted by Crippen LogP contribution is -2.39. The number of benzene rings is 1. The summed E-state index contributed by atoms with van der Waals surface area (Å²) in [6, 6.07) is 6.82. The van der Waals surface area contributed by atoms with Crippen molar-refractivity contribution >= 4 is 5.69 Å². The molecule has 0 aromatic heterocycles. The Bertz CT molecular complexity index is 484. The van der Waals surface area contributed by atoms with E-state index in [2.05, 4.69) is 64.6 Å². The molecule has 0 radical (unpaired) electrons. The molecule has 2 rings (SSSR count). The van der Waals surface area contributed by atoms with Crippen LogP contribution in [0.15, 0.2) is 18.2 Å². The van der Waals surface area contributed by atoms with E-state index in [1.165, 1.54) is 29.8 Å². The van der Waals surface area contributed by atoms with E-state index in [1.54, 1.807) is 0 Å². The number of hydrogen-bond acceptors (Lipinski definition) is 1. The van der Waals surface area contributed by atoms with Crippen LogP contribution in [0.5, 0.6) is 0 Å². The summed E-state index contributed by atoms with van der Waals surface area (Å²) in [5, 5.41) is 0. The van der Waals surface area contributed by atoms with Gasteiger partial charge in [-0.15, -0.1) is 0 Å². The smallest absolute Gasteiger partial charge is 0.365 e. The van der Waals surface area contributed by atoms with E-state index in [4.69, 9.17) is 0 Å². The first-order valence-electron chi connectivity index (χ1n) is 8.34. The maximum atomic E-state index is 9.67. The van der Waals surface area contributed by atoms with Crippen molar-refractivity contribution < 1.29 is 13.2 Å². The highest BCUT2D eigenvalue weighted by Gasteiger charge is 2.43. The highest BCUT2D eigenvalue weighted by molar-refractivity contribution is 5.62. The quantitative estimate of drug-likeness (QED) is 0.657. The SMILES string of the molecule is CCc1cccc(CC)c1N1CC(C)(C)CC1(C)C.FC(F)F. The van der Waals surface area contributed by atoms with Gasteiger partial charge in [0.25, 0.3) is 0 Å². The summed E-state index contributed by atoms with van der Waals surface area (Å²) in [5.41, 5.74) is 5.20. The van der Waals surface area contributed by atoms with Crippen LogP contribution in [0.1, 0.15) is 59.1 Å². The lowest BCUT2D eigenvalue weighted by atomic mass is 9.86. The molecule has 1 heterocycles. The number of anilines is 1. The van der Waals surface area contributed by atoms with E-state index in [0.29, 0.717) is 5.41 Å². The van der Waals surface area contributed by atoms with Crippen molar-refractivity contribution in [3.05, 3.63) is 29.3 Å². The summed E-state index contributed by atoms with van der Waals surface area (Å²) in [4.78, 5) is 2.67. The minimum absolute atomic E-state index is 0.263. The molecule has 1 fully saturated rings. The second-order valence-corrected chi connectivity index (χ2v) is 7.62. The molecular formula is C19H30F3N. The topological polar surface area (TPSA) is 3.24 Å². The Kier molecular flexibility index (Phi) is 6.55. The van der Waals surface area contributed by atoms with Crippen LogP contribution in [0.3, 0.4) is 0 Å². The summed E-state index contributed by atoms with van der Waals surface area (Å²) < 4.78 is 29.0. The average molecular weight is 329 g/mol. The van der Waals surface area contributed by atoms with Crippen LogP contribution in [0.25, 0.3) is 0 Å². The van der Waals surface area contributed by atoms with E-state index in [9.17, 15) is 13.2 Å². The van der Waals surface area contributed by atoms with Gasteiger partial charge in [-0.2, -0.15) is 13.2 Å². The van der Waals surface area contributed by atoms with Gasteiger partial charge in [-0.05, 0) is 49.7 Å². The molecule has 4 heteroatoms. The summed E-state index contributed by atoms with van der Waals surface area (Å²) in [7, 11) is 0. The van der Waals surface area contributed by atoms with Crippen LogP contribution in [0.4, 0.5) is 18.9 Å². The summed E-state index contributed by atoms with van der Waals surface area (Å²) in [6.45, 7) is 11.6.